The lowest BCUT2D eigenvalue weighted by atomic mass is 10.1. The molecule has 0 fully saturated rings. The van der Waals surface area contributed by atoms with E-state index in [-0.39, 0.29) is 17.8 Å². The zero-order valence-electron chi connectivity index (χ0n) is 15.1. The number of hydrogen-bond donors (Lipinski definition) is 2. The van der Waals surface area contributed by atoms with Crippen molar-refractivity contribution in [3.05, 3.63) is 59.0 Å². The van der Waals surface area contributed by atoms with Crippen LogP contribution in [0.15, 0.2) is 42.7 Å². The van der Waals surface area contributed by atoms with E-state index in [1.165, 1.54) is 19.5 Å². The predicted molar refractivity (Wildman–Crippen MR) is 102 cm³/mol. The molecular weight excluding hydrogens is 368 g/mol. The summed E-state index contributed by atoms with van der Waals surface area (Å²) in [6.45, 7) is 3.99. The highest BCUT2D eigenvalue weighted by molar-refractivity contribution is 6.30. The zero-order chi connectivity index (χ0) is 19.4. The number of ether oxygens (including phenoxy) is 1. The van der Waals surface area contributed by atoms with Crippen LogP contribution < -0.4 is 15.6 Å². The summed E-state index contributed by atoms with van der Waals surface area (Å²) < 4.78 is 6.75. The molecule has 2 aromatic heterocycles. The summed E-state index contributed by atoms with van der Waals surface area (Å²) in [6.07, 6.45) is 3.05. The van der Waals surface area contributed by atoms with Crippen molar-refractivity contribution in [2.24, 2.45) is 0 Å². The van der Waals surface area contributed by atoms with Crippen molar-refractivity contribution in [1.82, 2.24) is 25.2 Å². The Kier molecular flexibility index (Phi) is 5.56. The average molecular weight is 387 g/mol. The van der Waals surface area contributed by atoms with Crippen molar-refractivity contribution >= 4 is 23.5 Å². The molecule has 0 atom stereocenters. The molecule has 27 heavy (non-hydrogen) atoms. The number of anilines is 1. The Morgan fingerprint density at radius 2 is 2.11 bits per heavy atom. The predicted octanol–water partition coefficient (Wildman–Crippen LogP) is 3.20. The average Bonchev–Trinajstić information content (AvgIpc) is 3.12. The summed E-state index contributed by atoms with van der Waals surface area (Å²) >= 11 is 6.08. The van der Waals surface area contributed by atoms with Crippen molar-refractivity contribution in [2.45, 2.75) is 19.8 Å². The van der Waals surface area contributed by atoms with Crippen molar-refractivity contribution < 1.29 is 9.53 Å². The topological polar surface area (TPSA) is 94.0 Å². The highest BCUT2D eigenvalue weighted by atomic mass is 35.5. The second-order valence-corrected chi connectivity index (χ2v) is 6.43. The molecule has 3 aromatic rings. The SMILES string of the molecule is COc1ccnc(NNC(=O)c2cnn(-c3cccc(Cl)c3)c2C(C)C)n1. The molecule has 0 saturated heterocycles. The Hall–Kier alpha value is -3.13. The van der Waals surface area contributed by atoms with E-state index in [9.17, 15) is 4.79 Å². The van der Waals surface area contributed by atoms with E-state index in [0.717, 1.165) is 11.4 Å². The van der Waals surface area contributed by atoms with Gasteiger partial charge in [0.25, 0.3) is 5.91 Å². The van der Waals surface area contributed by atoms with Gasteiger partial charge >= 0.3 is 0 Å². The lowest BCUT2D eigenvalue weighted by molar-refractivity contribution is 0.0961. The fourth-order valence-electron chi connectivity index (χ4n) is 2.60. The first-order valence-corrected chi connectivity index (χ1v) is 8.64. The van der Waals surface area contributed by atoms with Crippen LogP contribution in [0.4, 0.5) is 5.95 Å². The van der Waals surface area contributed by atoms with Gasteiger partial charge in [-0.15, -0.1) is 0 Å². The molecule has 0 aliphatic rings. The van der Waals surface area contributed by atoms with E-state index < -0.39 is 0 Å². The van der Waals surface area contributed by atoms with Gasteiger partial charge < -0.3 is 4.74 Å². The molecule has 2 N–H and O–H groups in total. The van der Waals surface area contributed by atoms with Gasteiger partial charge in [-0.2, -0.15) is 10.1 Å². The van der Waals surface area contributed by atoms with Crippen LogP contribution >= 0.6 is 11.6 Å². The molecule has 1 amide bonds. The summed E-state index contributed by atoms with van der Waals surface area (Å²) in [7, 11) is 1.50. The Bertz CT molecular complexity index is 957. The van der Waals surface area contributed by atoms with E-state index in [2.05, 4.69) is 25.9 Å². The third-order valence-electron chi connectivity index (χ3n) is 3.78. The van der Waals surface area contributed by atoms with Crippen LogP contribution in [0.3, 0.4) is 0 Å². The highest BCUT2D eigenvalue weighted by Crippen LogP contribution is 2.24. The molecular formula is C18H19ClN6O2. The van der Waals surface area contributed by atoms with Crippen LogP contribution in [0.2, 0.25) is 5.02 Å². The molecule has 0 unspecified atom stereocenters. The lowest BCUT2D eigenvalue weighted by Crippen LogP contribution is -2.31. The minimum Gasteiger partial charge on any atom is -0.481 e. The quantitative estimate of drug-likeness (QED) is 0.632. The molecule has 9 heteroatoms. The summed E-state index contributed by atoms with van der Waals surface area (Å²) in [5, 5.41) is 4.97. The summed E-state index contributed by atoms with van der Waals surface area (Å²) in [6, 6.07) is 8.91. The number of rotatable bonds is 6. The summed E-state index contributed by atoms with van der Waals surface area (Å²) in [5.41, 5.74) is 7.27. The van der Waals surface area contributed by atoms with Crippen molar-refractivity contribution in [3.8, 4) is 11.6 Å². The number of carbonyl (C=O) groups excluding carboxylic acids is 1. The minimum absolute atomic E-state index is 0.0558. The number of halogens is 1. The molecule has 0 aliphatic carbocycles. The summed E-state index contributed by atoms with van der Waals surface area (Å²) in [4.78, 5) is 20.8. The van der Waals surface area contributed by atoms with Gasteiger partial charge in [0.1, 0.15) is 0 Å². The number of hydrogen-bond acceptors (Lipinski definition) is 6. The Labute approximate surface area is 161 Å². The standard InChI is InChI=1S/C18H19ClN6O2/c1-11(2)16-14(10-21-25(16)13-6-4-5-12(19)9-13)17(26)23-24-18-20-8-7-15(22-18)27-3/h4-11H,1-3H3,(H,23,26)(H,20,22,24). The van der Waals surface area contributed by atoms with Crippen LogP contribution in [-0.4, -0.2) is 32.8 Å². The van der Waals surface area contributed by atoms with Gasteiger partial charge in [0.2, 0.25) is 11.8 Å². The smallest absolute Gasteiger partial charge is 0.273 e. The van der Waals surface area contributed by atoms with Crippen LogP contribution in [0.1, 0.15) is 35.8 Å². The van der Waals surface area contributed by atoms with E-state index in [1.807, 2.05) is 26.0 Å². The third kappa shape index (κ3) is 4.17. The maximum absolute atomic E-state index is 12.7. The van der Waals surface area contributed by atoms with Crippen molar-refractivity contribution in [2.75, 3.05) is 12.5 Å². The maximum Gasteiger partial charge on any atom is 0.273 e. The number of methoxy groups -OCH3 is 1. The van der Waals surface area contributed by atoms with E-state index in [0.29, 0.717) is 16.5 Å². The van der Waals surface area contributed by atoms with Crippen LogP contribution in [0.25, 0.3) is 5.69 Å². The molecule has 0 aliphatic heterocycles. The van der Waals surface area contributed by atoms with Gasteiger partial charge in [0.05, 0.1) is 30.3 Å². The Morgan fingerprint density at radius 1 is 1.30 bits per heavy atom. The van der Waals surface area contributed by atoms with Crippen LogP contribution in [-0.2, 0) is 0 Å². The lowest BCUT2D eigenvalue weighted by Gasteiger charge is -2.13. The maximum atomic E-state index is 12.7. The molecule has 8 nitrogen and oxygen atoms in total. The largest absolute Gasteiger partial charge is 0.481 e. The van der Waals surface area contributed by atoms with Gasteiger partial charge in [0.15, 0.2) is 0 Å². The van der Waals surface area contributed by atoms with Crippen molar-refractivity contribution in [1.29, 1.82) is 0 Å². The Balaban J connectivity index is 1.84. The number of aromatic nitrogens is 4. The minimum atomic E-state index is -0.349. The van der Waals surface area contributed by atoms with Gasteiger partial charge in [0, 0.05) is 17.3 Å². The number of hydrazine groups is 1. The molecule has 2 heterocycles. The molecule has 0 saturated carbocycles. The molecule has 0 spiro atoms. The normalized spacial score (nSPS) is 10.7. The second kappa shape index (κ2) is 8.05. The number of nitrogens with one attached hydrogen (secondary N) is 2. The number of nitrogens with zero attached hydrogens (tertiary/aromatic N) is 4. The molecule has 0 radical (unpaired) electrons. The first-order valence-electron chi connectivity index (χ1n) is 8.27. The first-order chi connectivity index (χ1) is 13.0. The summed E-state index contributed by atoms with van der Waals surface area (Å²) in [5.74, 6) is 0.313. The van der Waals surface area contributed by atoms with E-state index in [1.54, 1.807) is 22.9 Å². The van der Waals surface area contributed by atoms with Gasteiger partial charge in [-0.3, -0.25) is 15.6 Å². The fraction of sp³-hybridized carbons (Fsp3) is 0.222. The molecule has 140 valence electrons. The molecule has 3 rings (SSSR count). The number of carbonyl (C=O) groups is 1. The Morgan fingerprint density at radius 3 is 2.81 bits per heavy atom. The zero-order valence-corrected chi connectivity index (χ0v) is 15.9. The van der Waals surface area contributed by atoms with Crippen LogP contribution in [0, 0.1) is 0 Å². The van der Waals surface area contributed by atoms with Gasteiger partial charge in [-0.25, -0.2) is 9.67 Å². The van der Waals surface area contributed by atoms with Gasteiger partial charge in [-0.1, -0.05) is 31.5 Å². The molecule has 1 aromatic carbocycles. The van der Waals surface area contributed by atoms with Gasteiger partial charge in [-0.05, 0) is 24.1 Å². The number of benzene rings is 1. The molecule has 0 bridgehead atoms. The highest BCUT2D eigenvalue weighted by Gasteiger charge is 2.21. The van der Waals surface area contributed by atoms with E-state index >= 15 is 0 Å². The fourth-order valence-corrected chi connectivity index (χ4v) is 2.78. The monoisotopic (exact) mass is 386 g/mol. The van der Waals surface area contributed by atoms with E-state index in [4.69, 9.17) is 16.3 Å². The third-order valence-corrected chi connectivity index (χ3v) is 4.01. The van der Waals surface area contributed by atoms with Crippen molar-refractivity contribution in [3.63, 3.8) is 0 Å². The first kappa shape index (κ1) is 18.7. The number of amides is 1. The van der Waals surface area contributed by atoms with Crippen LogP contribution in [0.5, 0.6) is 5.88 Å². The second-order valence-electron chi connectivity index (χ2n) is 5.99.